The van der Waals surface area contributed by atoms with Crippen molar-refractivity contribution in [2.75, 3.05) is 0 Å². The number of hydrogen-bond acceptors (Lipinski definition) is 1. The zero-order valence-electron chi connectivity index (χ0n) is 26.6. The summed E-state index contributed by atoms with van der Waals surface area (Å²) in [5.74, 6) is 0.955. The molecule has 0 saturated heterocycles. The number of benzene rings is 7. The Balaban J connectivity index is 1.26. The van der Waals surface area contributed by atoms with Gasteiger partial charge >= 0.3 is 0 Å². The highest BCUT2D eigenvalue weighted by Gasteiger charge is 2.37. The maximum absolute atomic E-state index is 4.94. The Morgan fingerprint density at radius 3 is 1.83 bits per heavy atom. The number of nitrogens with zero attached hydrogens (tertiary/aromatic N) is 2. The molecule has 1 aliphatic rings. The molecule has 0 saturated carbocycles. The first-order valence-corrected chi connectivity index (χ1v) is 16.1. The molecule has 0 amide bonds. The fourth-order valence-corrected chi connectivity index (χ4v) is 8.24. The molecule has 0 bridgehead atoms. The fraction of sp³-hybridized carbons (Fsp3) is 0.114. The van der Waals surface area contributed by atoms with E-state index in [9.17, 15) is 0 Å². The molecule has 2 heteroatoms. The smallest absolute Gasteiger partial charge is 0.144 e. The molecule has 0 fully saturated rings. The van der Waals surface area contributed by atoms with Crippen LogP contribution in [0.15, 0.2) is 134 Å². The van der Waals surface area contributed by atoms with Crippen molar-refractivity contribution in [3.63, 3.8) is 0 Å². The third-order valence-electron chi connectivity index (χ3n) is 10.3. The summed E-state index contributed by atoms with van der Waals surface area (Å²) in [5.41, 5.74) is 12.6. The van der Waals surface area contributed by atoms with Crippen molar-refractivity contribution in [1.29, 1.82) is 0 Å². The lowest BCUT2D eigenvalue weighted by molar-refractivity contribution is 0.661. The molecule has 1 aromatic heterocycles. The Kier molecular flexibility index (Phi) is 5.71. The molecule has 46 heavy (non-hydrogen) atoms. The number of aromatic nitrogens is 2. The monoisotopic (exact) mass is 590 g/mol. The third kappa shape index (κ3) is 3.74. The first-order chi connectivity index (χ1) is 22.4. The van der Waals surface area contributed by atoms with Gasteiger partial charge in [-0.25, -0.2) is 4.98 Å². The summed E-state index contributed by atoms with van der Waals surface area (Å²) >= 11 is 0. The quantitative estimate of drug-likeness (QED) is 0.187. The molecular weight excluding hydrogens is 556 g/mol. The van der Waals surface area contributed by atoms with Crippen LogP contribution in [0.1, 0.15) is 36.1 Å². The molecule has 9 rings (SSSR count). The van der Waals surface area contributed by atoms with Crippen LogP contribution in [0.4, 0.5) is 0 Å². The normalized spacial score (nSPS) is 13.4. The lowest BCUT2D eigenvalue weighted by Gasteiger charge is -2.22. The standard InChI is InChI=1S/C44H34N2/c1-27-24-31(25-28(2)40(27)29-12-6-5-7-13-29)46-23-22-45-43(46)30-18-20-38-37(26-30)42-39(44(38,3)4)21-19-36-34-16-9-8-14-32(34)33-15-10-11-17-35(33)41(36)42/h5-26H,1-4H3. The largest absolute Gasteiger partial charge is 0.300 e. The number of fused-ring (bicyclic) bond motifs is 10. The fourth-order valence-electron chi connectivity index (χ4n) is 8.24. The van der Waals surface area contributed by atoms with E-state index in [4.69, 9.17) is 4.98 Å². The van der Waals surface area contributed by atoms with E-state index in [-0.39, 0.29) is 5.41 Å². The van der Waals surface area contributed by atoms with Crippen LogP contribution in [0, 0.1) is 13.8 Å². The second kappa shape index (κ2) is 9.76. The van der Waals surface area contributed by atoms with Crippen LogP contribution in [-0.2, 0) is 5.41 Å². The number of aryl methyl sites for hydroxylation is 2. The van der Waals surface area contributed by atoms with Crippen molar-refractivity contribution in [2.45, 2.75) is 33.1 Å². The summed E-state index contributed by atoms with van der Waals surface area (Å²) in [6, 6.07) is 44.7. The summed E-state index contributed by atoms with van der Waals surface area (Å²) < 4.78 is 2.24. The average Bonchev–Trinajstić information content (AvgIpc) is 3.66. The molecule has 2 nitrogen and oxygen atoms in total. The van der Waals surface area contributed by atoms with Crippen LogP contribution in [0.5, 0.6) is 0 Å². The molecule has 1 aliphatic carbocycles. The minimum Gasteiger partial charge on any atom is -0.300 e. The maximum Gasteiger partial charge on any atom is 0.144 e. The first-order valence-electron chi connectivity index (χ1n) is 16.1. The molecule has 1 heterocycles. The Morgan fingerprint density at radius 2 is 1.13 bits per heavy atom. The molecule has 8 aromatic rings. The summed E-state index contributed by atoms with van der Waals surface area (Å²) in [4.78, 5) is 4.94. The van der Waals surface area contributed by atoms with E-state index in [2.05, 4.69) is 160 Å². The van der Waals surface area contributed by atoms with E-state index in [1.807, 2.05) is 6.20 Å². The predicted octanol–water partition coefficient (Wildman–Crippen LogP) is 11.6. The van der Waals surface area contributed by atoms with Crippen molar-refractivity contribution >= 4 is 32.3 Å². The van der Waals surface area contributed by atoms with Gasteiger partial charge in [-0.2, -0.15) is 0 Å². The molecular formula is C44H34N2. The second-order valence-electron chi connectivity index (χ2n) is 13.3. The second-order valence-corrected chi connectivity index (χ2v) is 13.3. The minimum absolute atomic E-state index is 0.110. The summed E-state index contributed by atoms with van der Waals surface area (Å²) in [6.45, 7) is 9.16. The van der Waals surface area contributed by atoms with Gasteiger partial charge in [0.15, 0.2) is 0 Å². The van der Waals surface area contributed by atoms with E-state index in [1.165, 1.54) is 76.8 Å². The molecule has 7 aromatic carbocycles. The topological polar surface area (TPSA) is 17.8 Å². The van der Waals surface area contributed by atoms with Crippen LogP contribution >= 0.6 is 0 Å². The third-order valence-corrected chi connectivity index (χ3v) is 10.3. The Hall–Kier alpha value is -5.47. The van der Waals surface area contributed by atoms with Crippen LogP contribution in [0.3, 0.4) is 0 Å². The van der Waals surface area contributed by atoms with Gasteiger partial charge in [-0.15, -0.1) is 0 Å². The van der Waals surface area contributed by atoms with Gasteiger partial charge < -0.3 is 0 Å². The molecule has 0 unspecified atom stereocenters. The van der Waals surface area contributed by atoms with Gasteiger partial charge in [0.2, 0.25) is 0 Å². The molecule has 0 spiro atoms. The highest BCUT2D eigenvalue weighted by atomic mass is 15.1. The lowest BCUT2D eigenvalue weighted by atomic mass is 9.81. The van der Waals surface area contributed by atoms with Crippen molar-refractivity contribution in [3.8, 4) is 39.3 Å². The van der Waals surface area contributed by atoms with E-state index in [0.29, 0.717) is 0 Å². The number of rotatable bonds is 3. The van der Waals surface area contributed by atoms with Gasteiger partial charge in [0.25, 0.3) is 0 Å². The van der Waals surface area contributed by atoms with Gasteiger partial charge in [0.1, 0.15) is 5.82 Å². The molecule has 0 N–H and O–H groups in total. The molecule has 0 atom stereocenters. The molecule has 220 valence electrons. The SMILES string of the molecule is Cc1cc(-n2ccnc2-c2ccc3c(c2)-c2c(ccc4c5ccccc5c5ccccc5c24)C3(C)C)cc(C)c1-c1ccccc1. The maximum atomic E-state index is 4.94. The van der Waals surface area contributed by atoms with Crippen LogP contribution < -0.4 is 0 Å². The first kappa shape index (κ1) is 26.9. The van der Waals surface area contributed by atoms with Gasteiger partial charge in [-0.05, 0) is 109 Å². The Labute approximate surface area is 269 Å². The Morgan fingerprint density at radius 1 is 0.543 bits per heavy atom. The molecule has 0 aliphatic heterocycles. The van der Waals surface area contributed by atoms with Crippen LogP contribution in [0.25, 0.3) is 71.6 Å². The van der Waals surface area contributed by atoms with E-state index < -0.39 is 0 Å². The van der Waals surface area contributed by atoms with Crippen molar-refractivity contribution in [2.24, 2.45) is 0 Å². The van der Waals surface area contributed by atoms with Crippen molar-refractivity contribution in [1.82, 2.24) is 9.55 Å². The van der Waals surface area contributed by atoms with Gasteiger partial charge in [-0.3, -0.25) is 4.57 Å². The summed E-state index contributed by atoms with van der Waals surface area (Å²) in [6.07, 6.45) is 4.01. The Bertz CT molecular complexity index is 2450. The van der Waals surface area contributed by atoms with E-state index in [1.54, 1.807) is 0 Å². The predicted molar refractivity (Wildman–Crippen MR) is 194 cm³/mol. The van der Waals surface area contributed by atoms with Crippen LogP contribution in [-0.4, -0.2) is 9.55 Å². The van der Waals surface area contributed by atoms with Crippen molar-refractivity contribution in [3.05, 3.63) is 156 Å². The zero-order valence-corrected chi connectivity index (χ0v) is 26.6. The van der Waals surface area contributed by atoms with Crippen LogP contribution in [0.2, 0.25) is 0 Å². The van der Waals surface area contributed by atoms with Gasteiger partial charge in [0, 0.05) is 29.1 Å². The number of hydrogen-bond donors (Lipinski definition) is 0. The highest BCUT2D eigenvalue weighted by molar-refractivity contribution is 6.29. The van der Waals surface area contributed by atoms with Gasteiger partial charge in [0.05, 0.1) is 0 Å². The zero-order chi connectivity index (χ0) is 31.2. The summed E-state index contributed by atoms with van der Waals surface area (Å²) in [7, 11) is 0. The average molecular weight is 591 g/mol. The van der Waals surface area contributed by atoms with Crippen molar-refractivity contribution < 1.29 is 0 Å². The lowest BCUT2D eigenvalue weighted by Crippen LogP contribution is -2.14. The number of imidazole rings is 1. The molecule has 0 radical (unpaired) electrons. The van der Waals surface area contributed by atoms with E-state index in [0.717, 1.165) is 17.1 Å². The van der Waals surface area contributed by atoms with E-state index >= 15 is 0 Å². The summed E-state index contributed by atoms with van der Waals surface area (Å²) in [5, 5.41) is 7.90. The highest BCUT2D eigenvalue weighted by Crippen LogP contribution is 2.54. The minimum atomic E-state index is -0.110. The van der Waals surface area contributed by atoms with Gasteiger partial charge in [-0.1, -0.05) is 117 Å².